The van der Waals surface area contributed by atoms with Gasteiger partial charge in [0.25, 0.3) is 0 Å². The van der Waals surface area contributed by atoms with Crippen molar-refractivity contribution in [2.45, 2.75) is 0 Å². The molecular formula is C17H14N6O. The third-order valence-electron chi connectivity index (χ3n) is 3.57. The number of hydrogen-bond acceptors (Lipinski definition) is 6. The maximum atomic E-state index is 9.70. The van der Waals surface area contributed by atoms with Gasteiger partial charge < -0.3 is 10.4 Å². The van der Waals surface area contributed by atoms with Gasteiger partial charge in [-0.25, -0.2) is 9.97 Å². The summed E-state index contributed by atoms with van der Waals surface area (Å²) in [5.41, 5.74) is 2.33. The molecule has 7 nitrogen and oxygen atoms in total. The van der Waals surface area contributed by atoms with Crippen LogP contribution in [0, 0.1) is 0 Å². The minimum absolute atomic E-state index is 0.174. The highest BCUT2D eigenvalue weighted by Crippen LogP contribution is 2.27. The van der Waals surface area contributed by atoms with Gasteiger partial charge in [-0.1, -0.05) is 12.1 Å². The van der Waals surface area contributed by atoms with E-state index in [2.05, 4.69) is 25.4 Å². The average molecular weight is 318 g/mol. The number of phenolic OH excluding ortho intramolecular Hbond substituents is 1. The van der Waals surface area contributed by atoms with Crippen molar-refractivity contribution in [2.24, 2.45) is 7.05 Å². The number of benzene rings is 1. The summed E-state index contributed by atoms with van der Waals surface area (Å²) < 4.78 is 1.71. The van der Waals surface area contributed by atoms with Gasteiger partial charge in [0, 0.05) is 31.2 Å². The fourth-order valence-electron chi connectivity index (χ4n) is 2.46. The Labute approximate surface area is 137 Å². The molecule has 0 aliphatic heterocycles. The van der Waals surface area contributed by atoms with Gasteiger partial charge in [0.1, 0.15) is 11.6 Å². The minimum atomic E-state index is 0.174. The van der Waals surface area contributed by atoms with Crippen molar-refractivity contribution in [1.82, 2.24) is 24.7 Å². The first-order valence-electron chi connectivity index (χ1n) is 7.36. The van der Waals surface area contributed by atoms with Crippen molar-refractivity contribution in [3.8, 4) is 17.1 Å². The molecule has 0 saturated heterocycles. The lowest BCUT2D eigenvalue weighted by Crippen LogP contribution is -1.99. The summed E-state index contributed by atoms with van der Waals surface area (Å²) in [5.74, 6) is 1.34. The number of pyridine rings is 1. The molecule has 0 saturated carbocycles. The highest BCUT2D eigenvalue weighted by Gasteiger charge is 2.11. The molecule has 24 heavy (non-hydrogen) atoms. The molecule has 3 heterocycles. The molecule has 0 aliphatic rings. The van der Waals surface area contributed by atoms with Crippen LogP contribution >= 0.6 is 0 Å². The predicted octanol–water partition coefficient (Wildman–Crippen LogP) is 2.87. The Morgan fingerprint density at radius 1 is 1.12 bits per heavy atom. The highest BCUT2D eigenvalue weighted by molar-refractivity contribution is 5.91. The Morgan fingerprint density at radius 3 is 2.83 bits per heavy atom. The van der Waals surface area contributed by atoms with Crippen LogP contribution in [0.5, 0.6) is 5.75 Å². The molecule has 4 rings (SSSR count). The van der Waals surface area contributed by atoms with E-state index in [1.165, 1.54) is 0 Å². The van der Waals surface area contributed by atoms with Gasteiger partial charge in [0.2, 0.25) is 0 Å². The van der Waals surface area contributed by atoms with E-state index in [1.807, 2.05) is 25.4 Å². The zero-order valence-corrected chi connectivity index (χ0v) is 12.9. The van der Waals surface area contributed by atoms with E-state index in [-0.39, 0.29) is 5.75 Å². The minimum Gasteiger partial charge on any atom is -0.508 e. The van der Waals surface area contributed by atoms with Crippen LogP contribution < -0.4 is 5.32 Å². The standard InChI is InChI=1S/C17H14N6O/c1-23-10-12(8-19-23)20-17-14-9-18-6-5-15(14)21-16(22-17)11-3-2-4-13(24)7-11/h2-10,24H,1H3,(H,20,21,22). The van der Waals surface area contributed by atoms with E-state index in [1.54, 1.807) is 41.5 Å². The van der Waals surface area contributed by atoms with Crippen LogP contribution in [0.2, 0.25) is 0 Å². The number of phenols is 1. The second kappa shape index (κ2) is 5.62. The number of hydrogen-bond donors (Lipinski definition) is 2. The number of nitrogens with one attached hydrogen (secondary N) is 1. The normalized spacial score (nSPS) is 10.9. The van der Waals surface area contributed by atoms with Crippen molar-refractivity contribution in [3.05, 3.63) is 55.1 Å². The Morgan fingerprint density at radius 2 is 2.04 bits per heavy atom. The molecule has 118 valence electrons. The fourth-order valence-corrected chi connectivity index (χ4v) is 2.46. The molecule has 7 heteroatoms. The van der Waals surface area contributed by atoms with Crippen LogP contribution in [0.15, 0.2) is 55.1 Å². The van der Waals surface area contributed by atoms with Crippen molar-refractivity contribution in [1.29, 1.82) is 0 Å². The predicted molar refractivity (Wildman–Crippen MR) is 90.9 cm³/mol. The first-order valence-corrected chi connectivity index (χ1v) is 7.36. The monoisotopic (exact) mass is 318 g/mol. The molecule has 2 N–H and O–H groups in total. The van der Waals surface area contributed by atoms with Gasteiger partial charge in [-0.2, -0.15) is 5.10 Å². The van der Waals surface area contributed by atoms with Crippen LogP contribution in [0.4, 0.5) is 11.5 Å². The Balaban J connectivity index is 1.87. The molecule has 1 aromatic carbocycles. The molecule has 0 bridgehead atoms. The summed E-state index contributed by atoms with van der Waals surface area (Å²) in [4.78, 5) is 13.3. The number of nitrogens with zero attached hydrogens (tertiary/aromatic N) is 5. The summed E-state index contributed by atoms with van der Waals surface area (Å²) in [6.45, 7) is 0. The fraction of sp³-hybridized carbons (Fsp3) is 0.0588. The van der Waals surface area contributed by atoms with Gasteiger partial charge in [-0.15, -0.1) is 0 Å². The lowest BCUT2D eigenvalue weighted by Gasteiger charge is -2.09. The highest BCUT2D eigenvalue weighted by atomic mass is 16.3. The van der Waals surface area contributed by atoms with Gasteiger partial charge in [-0.3, -0.25) is 9.67 Å². The Bertz CT molecular complexity index is 1030. The summed E-state index contributed by atoms with van der Waals surface area (Å²) in [7, 11) is 1.85. The van der Waals surface area contributed by atoms with Crippen LogP contribution in [-0.4, -0.2) is 29.8 Å². The van der Waals surface area contributed by atoms with E-state index in [4.69, 9.17) is 0 Å². The first kappa shape index (κ1) is 14.1. The van der Waals surface area contributed by atoms with Crippen molar-refractivity contribution in [3.63, 3.8) is 0 Å². The van der Waals surface area contributed by atoms with E-state index < -0.39 is 0 Å². The SMILES string of the molecule is Cn1cc(Nc2nc(-c3cccc(O)c3)nc3ccncc23)cn1. The molecule has 0 unspecified atom stereocenters. The molecule has 0 amide bonds. The van der Waals surface area contributed by atoms with Crippen molar-refractivity contribution in [2.75, 3.05) is 5.32 Å². The molecule has 0 spiro atoms. The Kier molecular flexibility index (Phi) is 3.31. The van der Waals surface area contributed by atoms with Crippen LogP contribution in [0.1, 0.15) is 0 Å². The smallest absolute Gasteiger partial charge is 0.162 e. The van der Waals surface area contributed by atoms with Gasteiger partial charge >= 0.3 is 0 Å². The summed E-state index contributed by atoms with van der Waals surface area (Å²) >= 11 is 0. The summed E-state index contributed by atoms with van der Waals surface area (Å²) in [5, 5.41) is 17.9. The van der Waals surface area contributed by atoms with E-state index >= 15 is 0 Å². The molecule has 0 aliphatic carbocycles. The first-order chi connectivity index (χ1) is 11.7. The van der Waals surface area contributed by atoms with E-state index in [0.29, 0.717) is 11.6 Å². The topological polar surface area (TPSA) is 88.8 Å². The van der Waals surface area contributed by atoms with Crippen LogP contribution in [0.25, 0.3) is 22.3 Å². The van der Waals surface area contributed by atoms with E-state index in [9.17, 15) is 5.11 Å². The second-order valence-electron chi connectivity index (χ2n) is 5.37. The number of aromatic hydroxyl groups is 1. The van der Waals surface area contributed by atoms with Crippen LogP contribution in [0.3, 0.4) is 0 Å². The zero-order valence-electron chi connectivity index (χ0n) is 12.9. The maximum absolute atomic E-state index is 9.70. The van der Waals surface area contributed by atoms with Crippen molar-refractivity contribution < 1.29 is 5.11 Å². The molecule has 3 aromatic heterocycles. The maximum Gasteiger partial charge on any atom is 0.162 e. The Hall–Kier alpha value is -3.48. The van der Waals surface area contributed by atoms with Crippen LogP contribution in [-0.2, 0) is 7.05 Å². The zero-order chi connectivity index (χ0) is 16.5. The molecule has 4 aromatic rings. The molecule has 0 fully saturated rings. The quantitative estimate of drug-likeness (QED) is 0.604. The number of fused-ring (bicyclic) bond motifs is 1. The lowest BCUT2D eigenvalue weighted by molar-refractivity contribution is 0.475. The van der Waals surface area contributed by atoms with Gasteiger partial charge in [0.15, 0.2) is 5.82 Å². The summed E-state index contributed by atoms with van der Waals surface area (Å²) in [6.07, 6.45) is 6.99. The van der Waals surface area contributed by atoms with Gasteiger partial charge in [-0.05, 0) is 18.2 Å². The molecular weight excluding hydrogens is 304 g/mol. The van der Waals surface area contributed by atoms with Gasteiger partial charge in [0.05, 0.1) is 22.8 Å². The second-order valence-corrected chi connectivity index (χ2v) is 5.37. The average Bonchev–Trinajstić information content (AvgIpc) is 3.00. The largest absolute Gasteiger partial charge is 0.508 e. The number of anilines is 2. The third kappa shape index (κ3) is 2.63. The lowest BCUT2D eigenvalue weighted by atomic mass is 10.2. The number of aryl methyl sites for hydroxylation is 1. The number of rotatable bonds is 3. The molecule has 0 radical (unpaired) electrons. The van der Waals surface area contributed by atoms with Crippen molar-refractivity contribution >= 4 is 22.4 Å². The summed E-state index contributed by atoms with van der Waals surface area (Å²) in [6, 6.07) is 8.70. The third-order valence-corrected chi connectivity index (χ3v) is 3.57. The number of aromatic nitrogens is 5. The van der Waals surface area contributed by atoms with E-state index in [0.717, 1.165) is 22.2 Å². The molecule has 0 atom stereocenters.